The Morgan fingerprint density at radius 2 is 1.63 bits per heavy atom. The minimum Gasteiger partial charge on any atom is -0.507 e. The van der Waals surface area contributed by atoms with Gasteiger partial charge in [0.1, 0.15) is 5.75 Å². The first-order chi connectivity index (χ1) is 9.16. The Balaban J connectivity index is 2.27. The van der Waals surface area contributed by atoms with Crippen molar-refractivity contribution in [3.8, 4) is 16.9 Å². The van der Waals surface area contributed by atoms with Crippen LogP contribution in [0.3, 0.4) is 0 Å². The molecule has 0 spiro atoms. The maximum Gasteiger partial charge on any atom is 0.130 e. The van der Waals surface area contributed by atoms with Gasteiger partial charge in [0.15, 0.2) is 0 Å². The first kappa shape index (κ1) is 12.2. The van der Waals surface area contributed by atoms with Gasteiger partial charge in [0.25, 0.3) is 0 Å². The quantitative estimate of drug-likeness (QED) is 0.648. The standard InChI is InChI=1S/C17H13BrO/c1-11-6-9-15(19)17(18)16(11)14-8-7-12-4-2-3-5-13(12)10-14/h2-10,19H,1H3. The number of hydrogen-bond acceptors (Lipinski definition) is 1. The summed E-state index contributed by atoms with van der Waals surface area (Å²) in [6.45, 7) is 2.05. The third-order valence-electron chi connectivity index (χ3n) is 3.37. The molecule has 1 nitrogen and oxygen atoms in total. The summed E-state index contributed by atoms with van der Waals surface area (Å²) in [5, 5.41) is 12.3. The molecule has 0 amide bonds. The molecule has 0 aliphatic heterocycles. The van der Waals surface area contributed by atoms with Gasteiger partial charge in [-0.3, -0.25) is 0 Å². The van der Waals surface area contributed by atoms with Gasteiger partial charge >= 0.3 is 0 Å². The summed E-state index contributed by atoms with van der Waals surface area (Å²) in [7, 11) is 0. The molecule has 2 heteroatoms. The van der Waals surface area contributed by atoms with Crippen molar-refractivity contribution in [3.63, 3.8) is 0 Å². The van der Waals surface area contributed by atoms with Crippen LogP contribution >= 0.6 is 15.9 Å². The summed E-state index contributed by atoms with van der Waals surface area (Å²) >= 11 is 3.48. The van der Waals surface area contributed by atoms with Gasteiger partial charge in [-0.1, -0.05) is 42.5 Å². The van der Waals surface area contributed by atoms with Crippen LogP contribution in [0.25, 0.3) is 21.9 Å². The zero-order valence-electron chi connectivity index (χ0n) is 10.5. The molecule has 94 valence electrons. The van der Waals surface area contributed by atoms with E-state index in [1.54, 1.807) is 6.07 Å². The highest BCUT2D eigenvalue weighted by Gasteiger charge is 2.10. The van der Waals surface area contributed by atoms with Gasteiger partial charge < -0.3 is 5.11 Å². The molecular formula is C17H13BrO. The summed E-state index contributed by atoms with van der Waals surface area (Å²) in [6, 6.07) is 18.3. The zero-order chi connectivity index (χ0) is 13.4. The van der Waals surface area contributed by atoms with Crippen LogP contribution < -0.4 is 0 Å². The second-order valence-electron chi connectivity index (χ2n) is 4.65. The van der Waals surface area contributed by atoms with Crippen LogP contribution in [0.2, 0.25) is 0 Å². The smallest absolute Gasteiger partial charge is 0.130 e. The summed E-state index contributed by atoms with van der Waals surface area (Å²) in [6.07, 6.45) is 0. The molecule has 0 radical (unpaired) electrons. The van der Waals surface area contributed by atoms with E-state index in [2.05, 4.69) is 53.2 Å². The van der Waals surface area contributed by atoms with Crippen molar-refractivity contribution in [1.29, 1.82) is 0 Å². The molecule has 0 aliphatic rings. The molecule has 0 atom stereocenters. The van der Waals surface area contributed by atoms with Crippen molar-refractivity contribution < 1.29 is 5.11 Å². The highest BCUT2D eigenvalue weighted by Crippen LogP contribution is 2.38. The van der Waals surface area contributed by atoms with Crippen molar-refractivity contribution in [2.45, 2.75) is 6.92 Å². The number of phenols is 1. The predicted molar refractivity (Wildman–Crippen MR) is 83.5 cm³/mol. The predicted octanol–water partition coefficient (Wildman–Crippen LogP) is 5.28. The van der Waals surface area contributed by atoms with E-state index in [1.807, 2.05) is 18.2 Å². The van der Waals surface area contributed by atoms with Crippen LogP contribution in [0.4, 0.5) is 0 Å². The van der Waals surface area contributed by atoms with Gasteiger partial charge in [-0.15, -0.1) is 0 Å². The van der Waals surface area contributed by atoms with Crippen LogP contribution in [-0.2, 0) is 0 Å². The molecule has 3 aromatic carbocycles. The highest BCUT2D eigenvalue weighted by molar-refractivity contribution is 9.10. The number of aryl methyl sites for hydroxylation is 1. The van der Waals surface area contributed by atoms with E-state index in [0.29, 0.717) is 0 Å². The van der Waals surface area contributed by atoms with Crippen LogP contribution in [0.1, 0.15) is 5.56 Å². The van der Waals surface area contributed by atoms with Gasteiger partial charge in [0.05, 0.1) is 4.47 Å². The molecule has 1 N–H and O–H groups in total. The third-order valence-corrected chi connectivity index (χ3v) is 4.17. The normalized spacial score (nSPS) is 10.8. The molecule has 0 bridgehead atoms. The number of benzene rings is 3. The van der Waals surface area contributed by atoms with E-state index in [0.717, 1.165) is 21.2 Å². The van der Waals surface area contributed by atoms with Gasteiger partial charge in [-0.05, 0) is 56.9 Å². The lowest BCUT2D eigenvalue weighted by Gasteiger charge is -2.11. The maximum absolute atomic E-state index is 9.85. The Hall–Kier alpha value is -1.80. The topological polar surface area (TPSA) is 20.2 Å². The van der Waals surface area contributed by atoms with Crippen LogP contribution in [-0.4, -0.2) is 5.11 Å². The van der Waals surface area contributed by atoms with E-state index in [4.69, 9.17) is 0 Å². The molecule has 0 fully saturated rings. The van der Waals surface area contributed by atoms with E-state index in [-0.39, 0.29) is 5.75 Å². The molecule has 0 aromatic heterocycles. The summed E-state index contributed by atoms with van der Waals surface area (Å²) in [4.78, 5) is 0. The van der Waals surface area contributed by atoms with Crippen LogP contribution in [0.15, 0.2) is 59.1 Å². The van der Waals surface area contributed by atoms with E-state index in [1.165, 1.54) is 10.8 Å². The van der Waals surface area contributed by atoms with Gasteiger partial charge in [-0.25, -0.2) is 0 Å². The number of rotatable bonds is 1. The van der Waals surface area contributed by atoms with Crippen molar-refractivity contribution in [3.05, 3.63) is 64.6 Å². The second-order valence-corrected chi connectivity index (χ2v) is 5.45. The Bertz CT molecular complexity index is 762. The molecule has 19 heavy (non-hydrogen) atoms. The fourth-order valence-electron chi connectivity index (χ4n) is 2.36. The van der Waals surface area contributed by atoms with E-state index in [9.17, 15) is 5.11 Å². The number of hydrogen-bond donors (Lipinski definition) is 1. The van der Waals surface area contributed by atoms with E-state index >= 15 is 0 Å². The number of aromatic hydroxyl groups is 1. The molecule has 0 saturated heterocycles. The zero-order valence-corrected chi connectivity index (χ0v) is 12.1. The van der Waals surface area contributed by atoms with Crippen LogP contribution in [0.5, 0.6) is 5.75 Å². The Kier molecular flexibility index (Phi) is 3.03. The van der Waals surface area contributed by atoms with Crippen LogP contribution in [0, 0.1) is 6.92 Å². The van der Waals surface area contributed by atoms with Crippen molar-refractivity contribution >= 4 is 26.7 Å². The Morgan fingerprint density at radius 3 is 2.42 bits per heavy atom. The van der Waals surface area contributed by atoms with Crippen molar-refractivity contribution in [1.82, 2.24) is 0 Å². The number of phenolic OH excluding ortho intramolecular Hbond substituents is 1. The Morgan fingerprint density at radius 1 is 0.895 bits per heavy atom. The average molecular weight is 313 g/mol. The van der Waals surface area contributed by atoms with Gasteiger partial charge in [0, 0.05) is 5.56 Å². The number of halogens is 1. The Labute approximate surface area is 120 Å². The second kappa shape index (κ2) is 4.71. The molecule has 0 heterocycles. The minimum absolute atomic E-state index is 0.272. The first-order valence-corrected chi connectivity index (χ1v) is 6.93. The molecule has 3 rings (SSSR count). The molecule has 0 aliphatic carbocycles. The van der Waals surface area contributed by atoms with Gasteiger partial charge in [0.2, 0.25) is 0 Å². The lowest BCUT2D eigenvalue weighted by atomic mass is 9.97. The SMILES string of the molecule is Cc1ccc(O)c(Br)c1-c1ccc2ccccc2c1. The molecule has 0 saturated carbocycles. The van der Waals surface area contributed by atoms with Gasteiger partial charge in [-0.2, -0.15) is 0 Å². The number of fused-ring (bicyclic) bond motifs is 1. The summed E-state index contributed by atoms with van der Waals surface area (Å²) in [5.74, 6) is 0.272. The molecular weight excluding hydrogens is 300 g/mol. The summed E-state index contributed by atoms with van der Waals surface area (Å²) in [5.41, 5.74) is 3.30. The third kappa shape index (κ3) is 2.13. The fraction of sp³-hybridized carbons (Fsp3) is 0.0588. The average Bonchev–Trinajstić information content (AvgIpc) is 2.43. The lowest BCUT2D eigenvalue weighted by Crippen LogP contribution is -1.86. The minimum atomic E-state index is 0.272. The monoisotopic (exact) mass is 312 g/mol. The summed E-state index contributed by atoms with van der Waals surface area (Å²) < 4.78 is 0.753. The first-order valence-electron chi connectivity index (χ1n) is 6.14. The van der Waals surface area contributed by atoms with Crippen molar-refractivity contribution in [2.24, 2.45) is 0 Å². The largest absolute Gasteiger partial charge is 0.507 e. The molecule has 3 aromatic rings. The maximum atomic E-state index is 9.85. The highest BCUT2D eigenvalue weighted by atomic mass is 79.9. The lowest BCUT2D eigenvalue weighted by molar-refractivity contribution is 0.472. The van der Waals surface area contributed by atoms with Crippen molar-refractivity contribution in [2.75, 3.05) is 0 Å². The molecule has 0 unspecified atom stereocenters. The van der Waals surface area contributed by atoms with E-state index < -0.39 is 0 Å². The fourth-order valence-corrected chi connectivity index (χ4v) is 3.03.